The van der Waals surface area contributed by atoms with Gasteiger partial charge in [0.1, 0.15) is 0 Å². The van der Waals surface area contributed by atoms with Crippen LogP contribution in [0.2, 0.25) is 0 Å². The highest BCUT2D eigenvalue weighted by atomic mass is 16.4. The Labute approximate surface area is 94.7 Å². The predicted molar refractivity (Wildman–Crippen MR) is 61.7 cm³/mol. The maximum absolute atomic E-state index is 10.8. The summed E-state index contributed by atoms with van der Waals surface area (Å²) in [6.07, 6.45) is 9.20. The van der Waals surface area contributed by atoms with Crippen molar-refractivity contribution in [2.75, 3.05) is 5.32 Å². The Kier molecular flexibility index (Phi) is 3.39. The Morgan fingerprint density at radius 1 is 1.31 bits per heavy atom. The molecule has 1 aliphatic rings. The van der Waals surface area contributed by atoms with Crippen molar-refractivity contribution in [2.24, 2.45) is 0 Å². The largest absolute Gasteiger partial charge is 0.478 e. The van der Waals surface area contributed by atoms with Gasteiger partial charge in [-0.3, -0.25) is 4.98 Å². The molecule has 1 aromatic rings. The number of carboxylic acids is 1. The third kappa shape index (κ3) is 2.72. The quantitative estimate of drug-likeness (QED) is 0.821. The smallest absolute Gasteiger partial charge is 0.337 e. The summed E-state index contributed by atoms with van der Waals surface area (Å²) in [5.41, 5.74) is 1.05. The molecule has 16 heavy (non-hydrogen) atoms. The van der Waals surface area contributed by atoms with Gasteiger partial charge in [-0.05, 0) is 18.9 Å². The molecule has 2 N–H and O–H groups in total. The van der Waals surface area contributed by atoms with Crippen LogP contribution in [-0.2, 0) is 0 Å². The zero-order chi connectivity index (χ0) is 11.4. The van der Waals surface area contributed by atoms with Gasteiger partial charge in [0.05, 0.1) is 11.3 Å². The third-order valence-electron chi connectivity index (χ3n) is 2.96. The normalized spacial score (nSPS) is 17.0. The highest BCUT2D eigenvalue weighted by molar-refractivity contribution is 5.88. The monoisotopic (exact) mass is 220 g/mol. The fourth-order valence-corrected chi connectivity index (χ4v) is 2.12. The number of carbonyl (C=O) groups is 1. The van der Waals surface area contributed by atoms with Crippen molar-refractivity contribution < 1.29 is 9.90 Å². The minimum Gasteiger partial charge on any atom is -0.478 e. The zero-order valence-electron chi connectivity index (χ0n) is 9.15. The van der Waals surface area contributed by atoms with Crippen LogP contribution in [-0.4, -0.2) is 22.1 Å². The van der Waals surface area contributed by atoms with Crippen molar-refractivity contribution >= 4 is 11.7 Å². The number of hydrogen-bond acceptors (Lipinski definition) is 3. The molecule has 4 heteroatoms. The maximum atomic E-state index is 10.8. The minimum atomic E-state index is -0.931. The van der Waals surface area contributed by atoms with Crippen LogP contribution >= 0.6 is 0 Å². The van der Waals surface area contributed by atoms with Crippen molar-refractivity contribution in [2.45, 2.75) is 38.1 Å². The molecule has 86 valence electrons. The lowest BCUT2D eigenvalue weighted by Gasteiger charge is -2.23. The first-order chi connectivity index (χ1) is 7.75. The molecule has 0 atom stereocenters. The summed E-state index contributed by atoms with van der Waals surface area (Å²) in [7, 11) is 0. The van der Waals surface area contributed by atoms with Crippen LogP contribution in [0.5, 0.6) is 0 Å². The average Bonchev–Trinajstić information content (AvgIpc) is 2.30. The topological polar surface area (TPSA) is 62.2 Å². The molecule has 0 amide bonds. The van der Waals surface area contributed by atoms with E-state index in [1.807, 2.05) is 0 Å². The molecule has 1 heterocycles. The molecule has 1 fully saturated rings. The molecule has 0 bridgehead atoms. The van der Waals surface area contributed by atoms with Gasteiger partial charge in [-0.15, -0.1) is 0 Å². The van der Waals surface area contributed by atoms with Gasteiger partial charge < -0.3 is 10.4 Å². The summed E-state index contributed by atoms with van der Waals surface area (Å²) in [5.74, 6) is -0.931. The first-order valence-corrected chi connectivity index (χ1v) is 5.70. The van der Waals surface area contributed by atoms with Crippen LogP contribution in [0, 0.1) is 0 Å². The van der Waals surface area contributed by atoms with E-state index in [9.17, 15) is 4.79 Å². The molecular weight excluding hydrogens is 204 g/mol. The predicted octanol–water partition coefficient (Wildman–Crippen LogP) is 2.52. The SMILES string of the molecule is O=C(O)c1cncc(NC2CCCCC2)c1. The highest BCUT2D eigenvalue weighted by Gasteiger charge is 2.13. The van der Waals surface area contributed by atoms with Crippen LogP contribution in [0.4, 0.5) is 5.69 Å². The fraction of sp³-hybridized carbons (Fsp3) is 0.500. The summed E-state index contributed by atoms with van der Waals surface area (Å²) in [6, 6.07) is 2.11. The summed E-state index contributed by atoms with van der Waals surface area (Å²) in [5, 5.41) is 12.2. The lowest BCUT2D eigenvalue weighted by molar-refractivity contribution is 0.0696. The summed E-state index contributed by atoms with van der Waals surface area (Å²) in [6.45, 7) is 0. The maximum Gasteiger partial charge on any atom is 0.337 e. The Morgan fingerprint density at radius 3 is 2.75 bits per heavy atom. The Bertz CT molecular complexity index is 373. The number of aromatic nitrogens is 1. The van der Waals surface area contributed by atoms with Crippen molar-refractivity contribution in [1.82, 2.24) is 4.98 Å². The number of pyridine rings is 1. The Morgan fingerprint density at radius 2 is 2.06 bits per heavy atom. The second-order valence-electron chi connectivity index (χ2n) is 4.25. The molecule has 4 nitrogen and oxygen atoms in total. The third-order valence-corrected chi connectivity index (χ3v) is 2.96. The molecule has 1 aromatic heterocycles. The van der Waals surface area contributed by atoms with Gasteiger partial charge in [0, 0.05) is 18.4 Å². The van der Waals surface area contributed by atoms with Gasteiger partial charge in [0.2, 0.25) is 0 Å². The molecule has 1 saturated carbocycles. The van der Waals surface area contributed by atoms with Gasteiger partial charge in [0.25, 0.3) is 0 Å². The second-order valence-corrected chi connectivity index (χ2v) is 4.25. The van der Waals surface area contributed by atoms with Crippen LogP contribution in [0.1, 0.15) is 42.5 Å². The van der Waals surface area contributed by atoms with E-state index in [1.54, 1.807) is 12.3 Å². The standard InChI is InChI=1S/C12H16N2O2/c15-12(16)9-6-11(8-13-7-9)14-10-4-2-1-3-5-10/h6-8,10,14H,1-5H2,(H,15,16). The molecule has 0 aliphatic heterocycles. The number of anilines is 1. The van der Waals surface area contributed by atoms with Gasteiger partial charge in [0.15, 0.2) is 0 Å². The van der Waals surface area contributed by atoms with E-state index in [0.717, 1.165) is 18.5 Å². The lowest BCUT2D eigenvalue weighted by atomic mass is 9.95. The molecule has 0 aromatic carbocycles. The number of nitrogens with one attached hydrogen (secondary N) is 1. The van der Waals surface area contributed by atoms with E-state index >= 15 is 0 Å². The number of rotatable bonds is 3. The van der Waals surface area contributed by atoms with Crippen LogP contribution < -0.4 is 5.32 Å². The Balaban J connectivity index is 2.02. The average molecular weight is 220 g/mol. The summed E-state index contributed by atoms with van der Waals surface area (Å²) < 4.78 is 0. The van der Waals surface area contributed by atoms with Crippen molar-refractivity contribution in [3.05, 3.63) is 24.0 Å². The van der Waals surface area contributed by atoms with Crippen molar-refractivity contribution in [3.63, 3.8) is 0 Å². The van der Waals surface area contributed by atoms with Gasteiger partial charge in [-0.25, -0.2) is 4.79 Å². The highest BCUT2D eigenvalue weighted by Crippen LogP contribution is 2.21. The number of nitrogens with zero attached hydrogens (tertiary/aromatic N) is 1. The van der Waals surface area contributed by atoms with Crippen LogP contribution in [0.25, 0.3) is 0 Å². The molecule has 0 saturated heterocycles. The molecule has 0 unspecified atom stereocenters. The Hall–Kier alpha value is -1.58. The molecular formula is C12H16N2O2. The van der Waals surface area contributed by atoms with E-state index in [-0.39, 0.29) is 5.56 Å². The van der Waals surface area contributed by atoms with E-state index in [4.69, 9.17) is 5.11 Å². The first-order valence-electron chi connectivity index (χ1n) is 5.70. The number of hydrogen-bond donors (Lipinski definition) is 2. The van der Waals surface area contributed by atoms with E-state index < -0.39 is 5.97 Å². The molecule has 0 radical (unpaired) electrons. The second kappa shape index (κ2) is 4.96. The van der Waals surface area contributed by atoms with E-state index in [2.05, 4.69) is 10.3 Å². The van der Waals surface area contributed by atoms with Crippen molar-refractivity contribution in [1.29, 1.82) is 0 Å². The number of aromatic carboxylic acids is 1. The fourth-order valence-electron chi connectivity index (χ4n) is 2.12. The van der Waals surface area contributed by atoms with Gasteiger partial charge in [-0.2, -0.15) is 0 Å². The number of carboxylic acid groups (broad SMARTS) is 1. The summed E-state index contributed by atoms with van der Waals surface area (Å²) in [4.78, 5) is 14.7. The first kappa shape index (κ1) is 10.9. The zero-order valence-corrected chi connectivity index (χ0v) is 9.15. The van der Waals surface area contributed by atoms with Crippen LogP contribution in [0.3, 0.4) is 0 Å². The van der Waals surface area contributed by atoms with E-state index in [0.29, 0.717) is 6.04 Å². The molecule has 1 aliphatic carbocycles. The molecule has 0 spiro atoms. The minimum absolute atomic E-state index is 0.237. The van der Waals surface area contributed by atoms with Gasteiger partial charge >= 0.3 is 5.97 Å². The summed E-state index contributed by atoms with van der Waals surface area (Å²) >= 11 is 0. The van der Waals surface area contributed by atoms with Gasteiger partial charge in [-0.1, -0.05) is 19.3 Å². The lowest BCUT2D eigenvalue weighted by Crippen LogP contribution is -2.22. The molecule has 2 rings (SSSR count). The van der Waals surface area contributed by atoms with E-state index in [1.165, 1.54) is 25.5 Å². The van der Waals surface area contributed by atoms with Crippen LogP contribution in [0.15, 0.2) is 18.5 Å². The van der Waals surface area contributed by atoms with Crippen molar-refractivity contribution in [3.8, 4) is 0 Å².